The number of non-ortho nitro benzene ring substituents is 1. The fraction of sp³-hybridized carbons (Fsp3) is 0.300. The first-order valence-electron chi connectivity index (χ1n) is 9.04. The summed E-state index contributed by atoms with van der Waals surface area (Å²) in [6.07, 6.45) is 0.722. The monoisotopic (exact) mass is 432 g/mol. The van der Waals surface area contributed by atoms with Gasteiger partial charge in [0.15, 0.2) is 5.13 Å². The van der Waals surface area contributed by atoms with E-state index in [9.17, 15) is 14.9 Å². The minimum absolute atomic E-state index is 0.0983. The molecule has 0 radical (unpaired) electrons. The summed E-state index contributed by atoms with van der Waals surface area (Å²) in [4.78, 5) is 32.2. The van der Waals surface area contributed by atoms with Crippen molar-refractivity contribution in [2.45, 2.75) is 13.3 Å². The highest BCUT2D eigenvalue weighted by Gasteiger charge is 2.25. The lowest BCUT2D eigenvalue weighted by molar-refractivity contribution is -0.384. The lowest BCUT2D eigenvalue weighted by Crippen LogP contribution is -2.33. The van der Waals surface area contributed by atoms with Gasteiger partial charge in [0.2, 0.25) is 0 Å². The van der Waals surface area contributed by atoms with Crippen molar-refractivity contribution in [3.8, 4) is 0 Å². The van der Waals surface area contributed by atoms with Gasteiger partial charge in [-0.05, 0) is 57.7 Å². The van der Waals surface area contributed by atoms with Gasteiger partial charge < -0.3 is 4.90 Å². The number of nitro benzene ring substituents is 1. The van der Waals surface area contributed by atoms with E-state index in [1.807, 2.05) is 44.1 Å². The maximum atomic E-state index is 13.3. The quantitative estimate of drug-likeness (QED) is 0.397. The molecule has 1 amide bonds. The molecule has 0 spiro atoms. The van der Waals surface area contributed by atoms with Crippen LogP contribution < -0.4 is 4.90 Å². The predicted molar refractivity (Wildman–Crippen MR) is 117 cm³/mol. The van der Waals surface area contributed by atoms with Crippen LogP contribution in [0.15, 0.2) is 36.4 Å². The Labute approximate surface area is 177 Å². The van der Waals surface area contributed by atoms with E-state index < -0.39 is 10.8 Å². The highest BCUT2D eigenvalue weighted by molar-refractivity contribution is 7.22. The average Bonchev–Trinajstić information content (AvgIpc) is 3.07. The molecule has 29 heavy (non-hydrogen) atoms. The molecule has 0 unspecified atom stereocenters. The molecule has 3 aromatic rings. The van der Waals surface area contributed by atoms with Gasteiger partial charge in [-0.2, -0.15) is 0 Å². The minimum Gasteiger partial charge on any atom is -0.309 e. The van der Waals surface area contributed by atoms with Crippen molar-refractivity contribution < 1.29 is 9.72 Å². The number of rotatable bonds is 7. The van der Waals surface area contributed by atoms with E-state index in [1.54, 1.807) is 4.90 Å². The van der Waals surface area contributed by atoms with E-state index in [0.29, 0.717) is 11.7 Å². The summed E-state index contributed by atoms with van der Waals surface area (Å²) in [5.74, 6) is -0.395. The number of benzene rings is 2. The Balaban J connectivity index is 2.01. The molecule has 7 nitrogen and oxygen atoms in total. The molecule has 1 heterocycles. The van der Waals surface area contributed by atoms with Crippen LogP contribution in [0.2, 0.25) is 5.02 Å². The number of carbonyl (C=O) groups excluding carboxylic acids is 1. The fourth-order valence-electron chi connectivity index (χ4n) is 2.90. The van der Waals surface area contributed by atoms with Crippen LogP contribution in [0.1, 0.15) is 22.3 Å². The van der Waals surface area contributed by atoms with E-state index in [0.717, 1.165) is 28.7 Å². The summed E-state index contributed by atoms with van der Waals surface area (Å²) in [5, 5.41) is 11.9. The molecule has 9 heteroatoms. The van der Waals surface area contributed by atoms with Crippen molar-refractivity contribution in [1.82, 2.24) is 9.88 Å². The number of aryl methyl sites for hydroxylation is 1. The fourth-order valence-corrected chi connectivity index (χ4v) is 4.19. The Morgan fingerprint density at radius 3 is 2.66 bits per heavy atom. The third-order valence-electron chi connectivity index (χ3n) is 4.39. The molecule has 0 saturated heterocycles. The summed E-state index contributed by atoms with van der Waals surface area (Å²) >= 11 is 7.64. The maximum absolute atomic E-state index is 13.3. The molecule has 2 aromatic carbocycles. The predicted octanol–water partition coefficient (Wildman–Crippen LogP) is 4.76. The van der Waals surface area contributed by atoms with Crippen LogP contribution in [-0.4, -0.2) is 47.9 Å². The van der Waals surface area contributed by atoms with Gasteiger partial charge in [-0.1, -0.05) is 29.0 Å². The second kappa shape index (κ2) is 8.86. The third kappa shape index (κ3) is 4.90. The number of fused-ring (bicyclic) bond motifs is 1. The van der Waals surface area contributed by atoms with E-state index in [1.165, 1.54) is 29.5 Å². The normalized spacial score (nSPS) is 11.2. The van der Waals surface area contributed by atoms with Gasteiger partial charge in [-0.3, -0.25) is 19.8 Å². The van der Waals surface area contributed by atoms with Crippen molar-refractivity contribution >= 4 is 49.9 Å². The summed E-state index contributed by atoms with van der Waals surface area (Å²) in [5.41, 5.74) is 1.85. The van der Waals surface area contributed by atoms with E-state index in [2.05, 4.69) is 4.98 Å². The number of aromatic nitrogens is 1. The van der Waals surface area contributed by atoms with Gasteiger partial charge in [0, 0.05) is 18.7 Å². The molecule has 1 aromatic heterocycles. The highest BCUT2D eigenvalue weighted by Crippen LogP contribution is 2.32. The first-order chi connectivity index (χ1) is 13.8. The van der Waals surface area contributed by atoms with Crippen molar-refractivity contribution in [3.05, 3.63) is 62.7 Å². The average molecular weight is 433 g/mol. The van der Waals surface area contributed by atoms with Gasteiger partial charge in [0.1, 0.15) is 0 Å². The molecule has 0 bridgehead atoms. The zero-order chi connectivity index (χ0) is 21.1. The smallest absolute Gasteiger partial charge is 0.270 e. The number of amides is 1. The van der Waals surface area contributed by atoms with Gasteiger partial charge in [-0.15, -0.1) is 0 Å². The molecule has 0 saturated carbocycles. The zero-order valence-electron chi connectivity index (χ0n) is 16.4. The number of nitrogens with zero attached hydrogens (tertiary/aromatic N) is 4. The summed E-state index contributed by atoms with van der Waals surface area (Å²) in [6, 6.07) is 9.82. The number of thiazole rings is 1. The van der Waals surface area contributed by atoms with Gasteiger partial charge in [-0.25, -0.2) is 4.98 Å². The van der Waals surface area contributed by atoms with E-state index >= 15 is 0 Å². The minimum atomic E-state index is -0.538. The van der Waals surface area contributed by atoms with Crippen molar-refractivity contribution in [2.75, 3.05) is 32.1 Å². The number of anilines is 1. The van der Waals surface area contributed by atoms with Crippen LogP contribution in [0.5, 0.6) is 0 Å². The van der Waals surface area contributed by atoms with Crippen LogP contribution in [0, 0.1) is 17.0 Å². The molecular formula is C20H21ClN4O3S. The summed E-state index contributed by atoms with van der Waals surface area (Å²) < 4.78 is 0.982. The molecule has 0 N–H and O–H groups in total. The third-order valence-corrected chi connectivity index (χ3v) is 5.76. The number of carbonyl (C=O) groups is 1. The lowest BCUT2D eigenvalue weighted by atomic mass is 10.1. The first kappa shape index (κ1) is 21.2. The molecule has 0 aliphatic rings. The largest absolute Gasteiger partial charge is 0.309 e. The lowest BCUT2D eigenvalue weighted by Gasteiger charge is -2.21. The number of hydrogen-bond donors (Lipinski definition) is 0. The Kier molecular flexibility index (Phi) is 6.46. The Morgan fingerprint density at radius 2 is 1.97 bits per heavy atom. The number of hydrogen-bond acceptors (Lipinski definition) is 6. The van der Waals surface area contributed by atoms with Gasteiger partial charge >= 0.3 is 0 Å². The summed E-state index contributed by atoms with van der Waals surface area (Å²) in [6.45, 7) is 3.22. The molecule has 0 aliphatic carbocycles. The van der Waals surface area contributed by atoms with Crippen LogP contribution in [0.25, 0.3) is 10.2 Å². The first-order valence-corrected chi connectivity index (χ1v) is 10.2. The maximum Gasteiger partial charge on any atom is 0.270 e. The second-order valence-corrected chi connectivity index (χ2v) is 8.42. The molecular weight excluding hydrogens is 412 g/mol. The molecule has 0 fully saturated rings. The highest BCUT2D eigenvalue weighted by atomic mass is 35.5. The van der Waals surface area contributed by atoms with E-state index in [4.69, 9.17) is 11.6 Å². The second-order valence-electron chi connectivity index (χ2n) is 7.00. The van der Waals surface area contributed by atoms with Gasteiger partial charge in [0.25, 0.3) is 11.6 Å². The SMILES string of the molecule is Cc1ccc2nc(N(CCCN(C)C)C(=O)c3cc([N+](=O)[O-])ccc3Cl)sc2c1. The zero-order valence-corrected chi connectivity index (χ0v) is 18.0. The molecule has 152 valence electrons. The van der Waals surface area contributed by atoms with Crippen molar-refractivity contribution in [1.29, 1.82) is 0 Å². The van der Waals surface area contributed by atoms with E-state index in [-0.39, 0.29) is 16.3 Å². The van der Waals surface area contributed by atoms with Crippen molar-refractivity contribution in [3.63, 3.8) is 0 Å². The topological polar surface area (TPSA) is 79.6 Å². The van der Waals surface area contributed by atoms with Crippen LogP contribution in [-0.2, 0) is 0 Å². The van der Waals surface area contributed by atoms with Crippen LogP contribution >= 0.6 is 22.9 Å². The Hall–Kier alpha value is -2.55. The van der Waals surface area contributed by atoms with Crippen LogP contribution in [0.4, 0.5) is 10.8 Å². The standard InChI is InChI=1S/C20H21ClN4O3S/c1-13-5-8-17-18(11-13)29-20(22-17)24(10-4-9-23(2)3)19(26)15-12-14(25(27)28)6-7-16(15)21/h5-8,11-12H,4,9-10H2,1-3H3. The number of nitro groups is 1. The Bertz CT molecular complexity index is 1070. The summed E-state index contributed by atoms with van der Waals surface area (Å²) in [7, 11) is 3.92. The van der Waals surface area contributed by atoms with Crippen LogP contribution in [0.3, 0.4) is 0 Å². The molecule has 0 atom stereocenters. The molecule has 3 rings (SSSR count). The number of halogens is 1. The van der Waals surface area contributed by atoms with Crippen molar-refractivity contribution in [2.24, 2.45) is 0 Å². The molecule has 0 aliphatic heterocycles. The van der Waals surface area contributed by atoms with Gasteiger partial charge in [0.05, 0.1) is 25.7 Å². The Morgan fingerprint density at radius 1 is 1.21 bits per heavy atom.